The fourth-order valence-corrected chi connectivity index (χ4v) is 5.41. The fraction of sp³-hybridized carbons (Fsp3) is 0.909. The van der Waals surface area contributed by atoms with Crippen LogP contribution in [0, 0.1) is 16.7 Å². The van der Waals surface area contributed by atoms with Gasteiger partial charge in [-0.05, 0) is 39.0 Å². The second kappa shape index (κ2) is 8.10. The van der Waals surface area contributed by atoms with Crippen molar-refractivity contribution in [3.8, 4) is 0 Å². The predicted octanol–water partition coefficient (Wildman–Crippen LogP) is 3.52. The van der Waals surface area contributed by atoms with Gasteiger partial charge in [-0.1, -0.05) is 40.0 Å². The first-order valence-corrected chi connectivity index (χ1v) is 11.0. The highest BCUT2D eigenvalue weighted by atomic mass is 16.5. The number of ether oxygens (including phenoxy) is 1. The van der Waals surface area contributed by atoms with E-state index in [1.165, 1.54) is 32.1 Å². The van der Waals surface area contributed by atoms with Crippen LogP contribution in [0.25, 0.3) is 0 Å². The minimum atomic E-state index is -0.386. The lowest BCUT2D eigenvalue weighted by atomic mass is 9.55. The van der Waals surface area contributed by atoms with Crippen LogP contribution in [0.5, 0.6) is 0 Å². The van der Waals surface area contributed by atoms with Gasteiger partial charge in [0.05, 0.1) is 12.0 Å². The highest BCUT2D eigenvalue weighted by Gasteiger charge is 2.56. The molecule has 1 saturated heterocycles. The molecule has 1 heterocycles. The number of hydrogen-bond acceptors (Lipinski definition) is 3. The van der Waals surface area contributed by atoms with E-state index in [2.05, 4.69) is 12.2 Å². The molecule has 3 atom stereocenters. The Hall–Kier alpha value is -1.10. The molecule has 0 bridgehead atoms. The normalized spacial score (nSPS) is 30.7. The van der Waals surface area contributed by atoms with Gasteiger partial charge in [0.1, 0.15) is 0 Å². The van der Waals surface area contributed by atoms with Gasteiger partial charge in [0.2, 0.25) is 11.8 Å². The second-order valence-corrected chi connectivity index (χ2v) is 9.88. The summed E-state index contributed by atoms with van der Waals surface area (Å²) in [6.07, 6.45) is 9.17. The first-order chi connectivity index (χ1) is 12.8. The zero-order valence-electron chi connectivity index (χ0n) is 17.7. The molecule has 2 aliphatic carbocycles. The Balaban J connectivity index is 1.60. The summed E-state index contributed by atoms with van der Waals surface area (Å²) in [6, 6.07) is 0.246. The van der Waals surface area contributed by atoms with Gasteiger partial charge in [-0.25, -0.2) is 0 Å². The summed E-state index contributed by atoms with van der Waals surface area (Å²) in [5.41, 5.74) is -0.233. The predicted molar refractivity (Wildman–Crippen MR) is 106 cm³/mol. The molecule has 0 aromatic carbocycles. The number of nitrogens with zero attached hydrogens (tertiary/aromatic N) is 1. The molecule has 3 fully saturated rings. The Morgan fingerprint density at radius 2 is 1.85 bits per heavy atom. The molecule has 0 aromatic rings. The van der Waals surface area contributed by atoms with Crippen molar-refractivity contribution in [3.63, 3.8) is 0 Å². The van der Waals surface area contributed by atoms with Gasteiger partial charge >= 0.3 is 0 Å². The molecule has 0 radical (unpaired) electrons. The van der Waals surface area contributed by atoms with Gasteiger partial charge in [-0.2, -0.15) is 0 Å². The average molecular weight is 379 g/mol. The summed E-state index contributed by atoms with van der Waals surface area (Å²) < 4.78 is 6.01. The Bertz CT molecular complexity index is 548. The fourth-order valence-electron chi connectivity index (χ4n) is 5.41. The van der Waals surface area contributed by atoms with Crippen molar-refractivity contribution >= 4 is 11.8 Å². The van der Waals surface area contributed by atoms with Crippen LogP contribution in [-0.2, 0) is 14.3 Å². The van der Waals surface area contributed by atoms with Crippen molar-refractivity contribution in [1.29, 1.82) is 0 Å². The molecule has 27 heavy (non-hydrogen) atoms. The van der Waals surface area contributed by atoms with Crippen LogP contribution in [-0.4, -0.2) is 48.6 Å². The quantitative estimate of drug-likeness (QED) is 0.814. The highest BCUT2D eigenvalue weighted by Crippen LogP contribution is 2.53. The molecule has 1 spiro atoms. The molecule has 3 aliphatic rings. The molecular weight excluding hydrogens is 340 g/mol. The molecule has 0 aromatic heterocycles. The van der Waals surface area contributed by atoms with E-state index in [0.29, 0.717) is 12.6 Å². The van der Waals surface area contributed by atoms with Crippen LogP contribution in [0.1, 0.15) is 79.1 Å². The molecule has 2 saturated carbocycles. The maximum absolute atomic E-state index is 13.0. The summed E-state index contributed by atoms with van der Waals surface area (Å²) in [4.78, 5) is 27.5. The Morgan fingerprint density at radius 1 is 1.15 bits per heavy atom. The molecule has 5 heteroatoms. The molecule has 1 N–H and O–H groups in total. The van der Waals surface area contributed by atoms with E-state index in [9.17, 15) is 9.59 Å². The van der Waals surface area contributed by atoms with E-state index >= 15 is 0 Å². The summed E-state index contributed by atoms with van der Waals surface area (Å²) in [7, 11) is 0. The van der Waals surface area contributed by atoms with Gasteiger partial charge < -0.3 is 15.0 Å². The molecule has 154 valence electrons. The zero-order valence-corrected chi connectivity index (χ0v) is 17.7. The van der Waals surface area contributed by atoms with E-state index < -0.39 is 0 Å². The third-order valence-corrected chi connectivity index (χ3v) is 6.97. The smallest absolute Gasteiger partial charge is 0.227 e. The second-order valence-electron chi connectivity index (χ2n) is 9.88. The van der Waals surface area contributed by atoms with E-state index in [-0.39, 0.29) is 34.6 Å². The van der Waals surface area contributed by atoms with Crippen LogP contribution in [0.15, 0.2) is 0 Å². The average Bonchev–Trinajstić information content (AvgIpc) is 2.66. The first-order valence-electron chi connectivity index (χ1n) is 11.0. The van der Waals surface area contributed by atoms with E-state index in [1.807, 2.05) is 25.7 Å². The van der Waals surface area contributed by atoms with Crippen LogP contribution in [0.4, 0.5) is 0 Å². The minimum Gasteiger partial charge on any atom is -0.378 e. The number of hydrogen-bond donors (Lipinski definition) is 1. The van der Waals surface area contributed by atoms with Crippen LogP contribution < -0.4 is 5.32 Å². The maximum Gasteiger partial charge on any atom is 0.227 e. The molecule has 3 rings (SSSR count). The SMILES string of the molecule is CCO[C@@H]1C[C@H](NC(=O)[C@H]2CCCN(C(=O)C(C)(C)C)C2)C12CCCCC2. The van der Waals surface area contributed by atoms with Crippen molar-refractivity contribution in [2.75, 3.05) is 19.7 Å². The van der Waals surface area contributed by atoms with Crippen LogP contribution in [0.3, 0.4) is 0 Å². The summed E-state index contributed by atoms with van der Waals surface area (Å²) in [5.74, 6) is 0.229. The van der Waals surface area contributed by atoms with Crippen molar-refractivity contribution in [3.05, 3.63) is 0 Å². The van der Waals surface area contributed by atoms with Crippen molar-refractivity contribution in [2.24, 2.45) is 16.7 Å². The maximum atomic E-state index is 13.0. The Kier molecular flexibility index (Phi) is 6.19. The van der Waals surface area contributed by atoms with E-state index in [4.69, 9.17) is 4.74 Å². The van der Waals surface area contributed by atoms with Crippen molar-refractivity contribution < 1.29 is 14.3 Å². The van der Waals surface area contributed by atoms with Crippen molar-refractivity contribution in [2.45, 2.75) is 91.2 Å². The Labute approximate surface area is 164 Å². The number of piperidine rings is 1. The summed E-state index contributed by atoms with van der Waals surface area (Å²) >= 11 is 0. The minimum absolute atomic E-state index is 0.0724. The molecule has 0 unspecified atom stereocenters. The van der Waals surface area contributed by atoms with Crippen LogP contribution in [0.2, 0.25) is 0 Å². The monoisotopic (exact) mass is 378 g/mol. The third-order valence-electron chi connectivity index (χ3n) is 6.97. The summed E-state index contributed by atoms with van der Waals surface area (Å²) in [5, 5.41) is 3.38. The number of amides is 2. The molecular formula is C22H38N2O3. The lowest BCUT2D eigenvalue weighted by Crippen LogP contribution is -2.66. The van der Waals surface area contributed by atoms with Gasteiger partial charge in [0.15, 0.2) is 0 Å². The number of rotatable bonds is 4. The van der Waals surface area contributed by atoms with Gasteiger partial charge in [0.25, 0.3) is 0 Å². The Morgan fingerprint density at radius 3 is 2.48 bits per heavy atom. The standard InChI is InChI=1S/C22H38N2O3/c1-5-27-18-14-17(22(18)11-7-6-8-12-22)23-19(25)16-10-9-13-24(15-16)20(26)21(2,3)4/h16-18H,5-15H2,1-4H3,(H,23,25)/t16-,17-,18+/m0/s1. The third kappa shape index (κ3) is 4.18. The molecule has 2 amide bonds. The van der Waals surface area contributed by atoms with Crippen molar-refractivity contribution in [1.82, 2.24) is 10.2 Å². The number of likely N-dealkylation sites (tertiary alicyclic amines) is 1. The molecule has 1 aliphatic heterocycles. The van der Waals surface area contributed by atoms with Gasteiger partial charge in [-0.3, -0.25) is 9.59 Å². The first kappa shape index (κ1) is 20.6. The van der Waals surface area contributed by atoms with Crippen LogP contribution >= 0.6 is 0 Å². The lowest BCUT2D eigenvalue weighted by Gasteiger charge is -2.58. The molecule has 5 nitrogen and oxygen atoms in total. The highest BCUT2D eigenvalue weighted by molar-refractivity contribution is 5.84. The zero-order chi connectivity index (χ0) is 19.7. The number of carbonyl (C=O) groups is 2. The van der Waals surface area contributed by atoms with Gasteiger partial charge in [-0.15, -0.1) is 0 Å². The summed E-state index contributed by atoms with van der Waals surface area (Å²) in [6.45, 7) is 10.0. The number of nitrogens with one attached hydrogen (secondary N) is 1. The topological polar surface area (TPSA) is 58.6 Å². The lowest BCUT2D eigenvalue weighted by molar-refractivity contribution is -0.159. The van der Waals surface area contributed by atoms with E-state index in [0.717, 1.165) is 32.4 Å². The van der Waals surface area contributed by atoms with E-state index in [1.54, 1.807) is 0 Å². The van der Waals surface area contributed by atoms with Gasteiger partial charge in [0, 0.05) is 36.6 Å². The largest absolute Gasteiger partial charge is 0.378 e. The number of carbonyl (C=O) groups excluding carboxylic acids is 2.